The smallest absolute Gasteiger partial charge is 0.321 e. The number of hydrogen-bond acceptors (Lipinski definition) is 7. The van der Waals surface area contributed by atoms with E-state index < -0.39 is 0 Å². The van der Waals surface area contributed by atoms with Crippen molar-refractivity contribution in [3.8, 4) is 11.6 Å². The molecular weight excluding hydrogens is 498 g/mol. The van der Waals surface area contributed by atoms with Gasteiger partial charge in [0.25, 0.3) is 0 Å². The number of carbonyl (C=O) groups excluding carboxylic acids is 3. The molecule has 0 atom stereocenters. The summed E-state index contributed by atoms with van der Waals surface area (Å²) >= 11 is 5.99. The Bertz CT molecular complexity index is 1140. The summed E-state index contributed by atoms with van der Waals surface area (Å²) in [4.78, 5) is 41.6. The van der Waals surface area contributed by atoms with E-state index >= 15 is 0 Å². The van der Waals surface area contributed by atoms with Crippen molar-refractivity contribution in [1.82, 2.24) is 20.5 Å². The predicted molar refractivity (Wildman–Crippen MR) is 144 cm³/mol. The zero-order chi connectivity index (χ0) is 27.6. The third-order valence-corrected chi connectivity index (χ3v) is 4.86. The molecule has 2 amide bonds. The van der Waals surface area contributed by atoms with Crippen LogP contribution in [-0.4, -0.2) is 60.8 Å². The number of nitrogens with zero attached hydrogens (tertiary/aromatic N) is 3. The van der Waals surface area contributed by atoms with E-state index in [0.717, 1.165) is 19.0 Å². The highest BCUT2D eigenvalue weighted by Crippen LogP contribution is 2.23. The fourth-order valence-electron chi connectivity index (χ4n) is 2.87. The monoisotopic (exact) mass is 527 g/mol. The van der Waals surface area contributed by atoms with Gasteiger partial charge < -0.3 is 24.9 Å². The van der Waals surface area contributed by atoms with Crippen molar-refractivity contribution >= 4 is 42.4 Å². The minimum atomic E-state index is -0.371. The fraction of sp³-hybridized carbons (Fsp3) is 0.192. The zero-order valence-corrected chi connectivity index (χ0v) is 21.6. The zero-order valence-electron chi connectivity index (χ0n) is 20.8. The summed E-state index contributed by atoms with van der Waals surface area (Å²) < 4.78 is 5.70. The quantitative estimate of drug-likeness (QED) is 0.238. The highest BCUT2D eigenvalue weighted by atomic mass is 35.5. The first kappa shape index (κ1) is 30.8. The van der Waals surface area contributed by atoms with E-state index in [0.29, 0.717) is 47.0 Å². The molecule has 0 saturated heterocycles. The Morgan fingerprint density at radius 1 is 1.14 bits per heavy atom. The van der Waals surface area contributed by atoms with Crippen LogP contribution < -0.4 is 15.4 Å². The Morgan fingerprint density at radius 2 is 1.78 bits per heavy atom. The first-order chi connectivity index (χ1) is 18.0. The topological polar surface area (TPSA) is 133 Å². The molecule has 11 heteroatoms. The summed E-state index contributed by atoms with van der Waals surface area (Å²) in [5.74, 6) is 1.26. The number of nitrogens with one attached hydrogen (secondary N) is 2. The van der Waals surface area contributed by atoms with Crippen molar-refractivity contribution in [1.29, 1.82) is 0 Å². The summed E-state index contributed by atoms with van der Waals surface area (Å²) in [6.07, 6.45) is 2.24. The largest absolute Gasteiger partial charge is 0.439 e. The Hall–Kier alpha value is -4.28. The van der Waals surface area contributed by atoms with E-state index in [4.69, 9.17) is 26.2 Å². The maximum Gasteiger partial charge on any atom is 0.321 e. The number of guanidine groups is 1. The van der Waals surface area contributed by atoms with Crippen LogP contribution in [0.15, 0.2) is 71.9 Å². The average molecular weight is 528 g/mol. The molecule has 0 saturated carbocycles. The molecule has 2 aromatic carbocycles. The molecular formula is C26H30ClN5O5. The van der Waals surface area contributed by atoms with Crippen LogP contribution in [0.3, 0.4) is 0 Å². The lowest BCUT2D eigenvalue weighted by atomic mass is 10.2. The van der Waals surface area contributed by atoms with E-state index in [-0.39, 0.29) is 6.03 Å². The van der Waals surface area contributed by atoms with Crippen molar-refractivity contribution in [3.05, 3.63) is 83.0 Å². The summed E-state index contributed by atoms with van der Waals surface area (Å²) in [5, 5.41) is 13.0. The predicted octanol–water partition coefficient (Wildman–Crippen LogP) is 4.20. The molecule has 37 heavy (non-hydrogen) atoms. The third-order valence-electron chi connectivity index (χ3n) is 4.61. The summed E-state index contributed by atoms with van der Waals surface area (Å²) in [6.45, 7) is 5.14. The van der Waals surface area contributed by atoms with Gasteiger partial charge in [0.1, 0.15) is 18.8 Å². The van der Waals surface area contributed by atoms with Gasteiger partial charge in [-0.3, -0.25) is 10.1 Å². The van der Waals surface area contributed by atoms with Crippen molar-refractivity contribution < 1.29 is 24.2 Å². The average Bonchev–Trinajstić information content (AvgIpc) is 2.95. The second-order valence-electron chi connectivity index (χ2n) is 6.92. The minimum Gasteiger partial charge on any atom is -0.439 e. The number of pyridine rings is 1. The number of aromatic nitrogens is 1. The Labute approximate surface area is 221 Å². The number of hydrogen-bond donors (Lipinski definition) is 3. The number of rotatable bonds is 7. The second-order valence-corrected chi connectivity index (χ2v) is 7.36. The van der Waals surface area contributed by atoms with Crippen molar-refractivity contribution in [2.24, 2.45) is 4.99 Å². The van der Waals surface area contributed by atoms with Gasteiger partial charge in [-0.05, 0) is 55.0 Å². The molecule has 0 radical (unpaired) electrons. The molecule has 0 aliphatic rings. The molecule has 0 unspecified atom stereocenters. The van der Waals surface area contributed by atoms with Crippen molar-refractivity contribution in [3.63, 3.8) is 0 Å². The Kier molecular flexibility index (Phi) is 14.3. The van der Waals surface area contributed by atoms with Crippen LogP contribution in [0, 0.1) is 0 Å². The van der Waals surface area contributed by atoms with Crippen molar-refractivity contribution in [2.45, 2.75) is 13.5 Å². The van der Waals surface area contributed by atoms with Gasteiger partial charge in [0.05, 0.1) is 5.69 Å². The third kappa shape index (κ3) is 10.5. The van der Waals surface area contributed by atoms with E-state index in [9.17, 15) is 9.59 Å². The normalized spacial score (nSPS) is 10.0. The molecule has 3 N–H and O–H groups in total. The number of carbonyl (C=O) groups is 3. The highest BCUT2D eigenvalue weighted by Gasteiger charge is 2.14. The standard InChI is InChI=1S/C24H24ClN5O3.CH4O.CH2O/c1-3-30(15-17-4-6-19(25)7-5-17)23(29-24(32)26-2)28-20-8-10-21(11-9-20)33-22-14-18(16-31)12-13-27-22;2*1-2/h4-14,16H,3,15H2,1-2H3,(H2,26,28,29,32);2H,1H3;1H2. The van der Waals surface area contributed by atoms with Gasteiger partial charge in [-0.2, -0.15) is 0 Å². The first-order valence-corrected chi connectivity index (χ1v) is 11.4. The Balaban J connectivity index is 0.00000163. The molecule has 1 aromatic heterocycles. The van der Waals surface area contributed by atoms with Gasteiger partial charge >= 0.3 is 6.03 Å². The van der Waals surface area contributed by atoms with E-state index in [1.165, 1.54) is 6.20 Å². The number of halogens is 1. The van der Waals surface area contributed by atoms with Crippen LogP contribution in [-0.2, 0) is 11.3 Å². The van der Waals surface area contributed by atoms with Crippen LogP contribution >= 0.6 is 11.6 Å². The maximum absolute atomic E-state index is 12.0. The number of urea groups is 1. The molecule has 1 heterocycles. The first-order valence-electron chi connectivity index (χ1n) is 11.0. The Morgan fingerprint density at radius 3 is 2.35 bits per heavy atom. The van der Waals surface area contributed by atoms with Crippen LogP contribution in [0.5, 0.6) is 11.6 Å². The van der Waals surface area contributed by atoms with Crippen LogP contribution in [0.2, 0.25) is 5.02 Å². The number of aldehydes is 1. The number of aliphatic hydroxyl groups excluding tert-OH is 1. The highest BCUT2D eigenvalue weighted by molar-refractivity contribution is 6.30. The van der Waals surface area contributed by atoms with E-state index in [2.05, 4.69) is 20.6 Å². The minimum absolute atomic E-state index is 0.318. The summed E-state index contributed by atoms with van der Waals surface area (Å²) in [5.41, 5.74) is 2.13. The van der Waals surface area contributed by atoms with Gasteiger partial charge in [0.15, 0.2) is 0 Å². The van der Waals surface area contributed by atoms with Gasteiger partial charge in [-0.15, -0.1) is 0 Å². The van der Waals surface area contributed by atoms with Crippen molar-refractivity contribution in [2.75, 3.05) is 20.7 Å². The fourth-order valence-corrected chi connectivity index (χ4v) is 3.00. The second kappa shape index (κ2) is 17.2. The number of ether oxygens (including phenoxy) is 1. The van der Waals surface area contributed by atoms with Crippen LogP contribution in [0.25, 0.3) is 0 Å². The van der Waals surface area contributed by atoms with Gasteiger partial charge in [0.2, 0.25) is 11.8 Å². The number of benzene rings is 2. The molecule has 0 spiro atoms. The molecule has 0 bridgehead atoms. The maximum atomic E-state index is 12.0. The van der Waals surface area contributed by atoms with Gasteiger partial charge in [-0.25, -0.2) is 14.8 Å². The lowest BCUT2D eigenvalue weighted by Gasteiger charge is -2.25. The molecule has 3 rings (SSSR count). The molecule has 0 aliphatic carbocycles. The van der Waals surface area contributed by atoms with Crippen LogP contribution in [0.4, 0.5) is 10.5 Å². The number of aliphatic hydroxyl groups is 1. The number of aliphatic imine (C=N–C) groups is 1. The lowest BCUT2D eigenvalue weighted by molar-refractivity contribution is -0.0980. The molecule has 196 valence electrons. The molecule has 0 aliphatic heterocycles. The SMILES string of the molecule is C=O.CCN(Cc1ccc(Cl)cc1)C(=Nc1ccc(Oc2cc(C=O)ccn2)cc1)NC(=O)NC.CO. The molecule has 10 nitrogen and oxygen atoms in total. The summed E-state index contributed by atoms with van der Waals surface area (Å²) in [7, 11) is 2.54. The van der Waals surface area contributed by atoms with Gasteiger partial charge in [-0.1, -0.05) is 23.7 Å². The lowest BCUT2D eigenvalue weighted by Crippen LogP contribution is -2.46. The van der Waals surface area contributed by atoms with Gasteiger partial charge in [0, 0.05) is 50.1 Å². The molecule has 0 fully saturated rings. The summed E-state index contributed by atoms with van der Waals surface area (Å²) in [6, 6.07) is 17.3. The van der Waals surface area contributed by atoms with E-state index in [1.54, 1.807) is 43.4 Å². The number of amides is 2. The van der Waals surface area contributed by atoms with Crippen LogP contribution in [0.1, 0.15) is 22.8 Å². The molecule has 3 aromatic rings. The van der Waals surface area contributed by atoms with E-state index in [1.807, 2.05) is 42.9 Å².